The Balaban J connectivity index is 1.91. The Morgan fingerprint density at radius 2 is 1.57 bits per heavy atom. The molecule has 0 fully saturated rings. The molecule has 0 aliphatic carbocycles. The first kappa shape index (κ1) is 19.5. The van der Waals surface area contributed by atoms with Crippen molar-refractivity contribution in [2.24, 2.45) is 0 Å². The molecule has 0 bridgehead atoms. The second-order valence-electron chi connectivity index (χ2n) is 5.64. The molecule has 0 atom stereocenters. The summed E-state index contributed by atoms with van der Waals surface area (Å²) in [6.45, 7) is 0. The topological polar surface area (TPSA) is 103 Å². The van der Waals surface area contributed by atoms with Crippen molar-refractivity contribution in [3.05, 3.63) is 48.3 Å². The van der Waals surface area contributed by atoms with Crippen molar-refractivity contribution in [3.8, 4) is 28.5 Å². The van der Waals surface area contributed by atoms with Crippen molar-refractivity contribution in [1.82, 2.24) is 10.2 Å². The van der Waals surface area contributed by atoms with Gasteiger partial charge in [-0.2, -0.15) is 5.10 Å². The van der Waals surface area contributed by atoms with Gasteiger partial charge in [0, 0.05) is 11.6 Å². The van der Waals surface area contributed by atoms with Crippen molar-refractivity contribution in [1.29, 1.82) is 0 Å². The first-order valence-electron chi connectivity index (χ1n) is 8.02. The highest BCUT2D eigenvalue weighted by molar-refractivity contribution is 7.92. The van der Waals surface area contributed by atoms with Gasteiger partial charge in [0.25, 0.3) is 10.0 Å². The average molecular weight is 407 g/mol. The second-order valence-corrected chi connectivity index (χ2v) is 7.32. The number of benzene rings is 2. The average Bonchev–Trinajstić information content (AvgIpc) is 3.14. The fourth-order valence-electron chi connectivity index (χ4n) is 2.57. The van der Waals surface area contributed by atoms with E-state index in [0.29, 0.717) is 28.5 Å². The molecular formula is C18H18FN3O5S. The van der Waals surface area contributed by atoms with E-state index in [1.807, 2.05) is 0 Å². The fourth-order valence-corrected chi connectivity index (χ4v) is 3.56. The van der Waals surface area contributed by atoms with Crippen LogP contribution in [-0.2, 0) is 10.0 Å². The SMILES string of the molecule is COc1cc(-c2cc(NS(=O)(=O)c3ccc(F)cc3)n[nH]2)cc(OC)c1OC. The lowest BCUT2D eigenvalue weighted by Gasteiger charge is -2.13. The predicted octanol–water partition coefficient (Wildman–Crippen LogP) is 3.04. The lowest BCUT2D eigenvalue weighted by atomic mass is 10.1. The molecule has 0 saturated heterocycles. The highest BCUT2D eigenvalue weighted by Gasteiger charge is 2.18. The molecule has 0 aliphatic heterocycles. The number of rotatable bonds is 7. The zero-order chi connectivity index (χ0) is 20.3. The summed E-state index contributed by atoms with van der Waals surface area (Å²) in [6.07, 6.45) is 0. The van der Waals surface area contributed by atoms with Crippen LogP contribution in [0.1, 0.15) is 0 Å². The van der Waals surface area contributed by atoms with Gasteiger partial charge in [-0.05, 0) is 36.4 Å². The number of H-pyrrole nitrogens is 1. The van der Waals surface area contributed by atoms with E-state index in [1.165, 1.54) is 39.5 Å². The molecule has 0 unspecified atom stereocenters. The van der Waals surface area contributed by atoms with Crippen LogP contribution in [0, 0.1) is 5.82 Å². The van der Waals surface area contributed by atoms with Gasteiger partial charge in [0.15, 0.2) is 17.3 Å². The van der Waals surface area contributed by atoms with Gasteiger partial charge in [-0.1, -0.05) is 0 Å². The highest BCUT2D eigenvalue weighted by atomic mass is 32.2. The molecule has 0 amide bonds. The number of aromatic amines is 1. The lowest BCUT2D eigenvalue weighted by Crippen LogP contribution is -2.13. The Morgan fingerprint density at radius 1 is 0.964 bits per heavy atom. The number of halogens is 1. The number of hydrogen-bond donors (Lipinski definition) is 2. The van der Waals surface area contributed by atoms with Crippen molar-refractivity contribution < 1.29 is 27.0 Å². The van der Waals surface area contributed by atoms with E-state index in [4.69, 9.17) is 14.2 Å². The van der Waals surface area contributed by atoms with E-state index in [-0.39, 0.29) is 10.7 Å². The van der Waals surface area contributed by atoms with E-state index in [1.54, 1.807) is 12.1 Å². The molecule has 0 saturated carbocycles. The van der Waals surface area contributed by atoms with Crippen LogP contribution in [0.25, 0.3) is 11.3 Å². The molecule has 2 N–H and O–H groups in total. The van der Waals surface area contributed by atoms with Crippen LogP contribution in [0.15, 0.2) is 47.4 Å². The van der Waals surface area contributed by atoms with Crippen LogP contribution in [0.5, 0.6) is 17.2 Å². The molecule has 1 aromatic heterocycles. The van der Waals surface area contributed by atoms with Gasteiger partial charge >= 0.3 is 0 Å². The lowest BCUT2D eigenvalue weighted by molar-refractivity contribution is 0.324. The quantitative estimate of drug-likeness (QED) is 0.624. The zero-order valence-corrected chi connectivity index (χ0v) is 16.1. The molecule has 3 rings (SSSR count). The summed E-state index contributed by atoms with van der Waals surface area (Å²) in [4.78, 5) is -0.0776. The maximum absolute atomic E-state index is 13.0. The molecule has 1 heterocycles. The molecule has 0 spiro atoms. The molecule has 28 heavy (non-hydrogen) atoms. The summed E-state index contributed by atoms with van der Waals surface area (Å²) >= 11 is 0. The summed E-state index contributed by atoms with van der Waals surface area (Å²) in [6, 6.07) is 9.40. The third kappa shape index (κ3) is 3.86. The minimum Gasteiger partial charge on any atom is -0.493 e. The summed E-state index contributed by atoms with van der Waals surface area (Å²) in [5.74, 6) is 0.877. The Morgan fingerprint density at radius 3 is 2.11 bits per heavy atom. The Bertz CT molecular complexity index is 1060. The van der Waals surface area contributed by atoms with Gasteiger partial charge in [0.1, 0.15) is 5.82 Å². The van der Waals surface area contributed by atoms with Crippen LogP contribution in [0.2, 0.25) is 0 Å². The molecule has 3 aromatic rings. The van der Waals surface area contributed by atoms with E-state index in [0.717, 1.165) is 12.1 Å². The molecule has 0 aliphatic rings. The van der Waals surface area contributed by atoms with Gasteiger partial charge in [-0.25, -0.2) is 12.8 Å². The zero-order valence-electron chi connectivity index (χ0n) is 15.3. The van der Waals surface area contributed by atoms with Gasteiger partial charge < -0.3 is 14.2 Å². The molecule has 148 valence electrons. The minimum atomic E-state index is -3.90. The number of nitrogens with one attached hydrogen (secondary N) is 2. The van der Waals surface area contributed by atoms with Gasteiger partial charge in [0.2, 0.25) is 5.75 Å². The maximum Gasteiger partial charge on any atom is 0.263 e. The molecule has 10 heteroatoms. The van der Waals surface area contributed by atoms with E-state index >= 15 is 0 Å². The molecule has 0 radical (unpaired) electrons. The number of aromatic nitrogens is 2. The first-order valence-corrected chi connectivity index (χ1v) is 9.50. The normalized spacial score (nSPS) is 11.1. The number of nitrogens with zero attached hydrogens (tertiary/aromatic N) is 1. The minimum absolute atomic E-state index is 0.0769. The van der Waals surface area contributed by atoms with Crippen LogP contribution in [0.4, 0.5) is 10.2 Å². The van der Waals surface area contributed by atoms with E-state index in [2.05, 4.69) is 14.9 Å². The summed E-state index contributed by atoms with van der Waals surface area (Å²) in [7, 11) is 0.587. The summed E-state index contributed by atoms with van der Waals surface area (Å²) in [5.41, 5.74) is 1.17. The van der Waals surface area contributed by atoms with Gasteiger partial charge in [0.05, 0.1) is 31.9 Å². The number of methoxy groups -OCH3 is 3. The largest absolute Gasteiger partial charge is 0.493 e. The monoisotopic (exact) mass is 407 g/mol. The van der Waals surface area contributed by atoms with E-state index in [9.17, 15) is 12.8 Å². The fraction of sp³-hybridized carbons (Fsp3) is 0.167. The third-order valence-corrected chi connectivity index (χ3v) is 5.29. The van der Waals surface area contributed by atoms with Crippen molar-refractivity contribution in [2.75, 3.05) is 26.1 Å². The van der Waals surface area contributed by atoms with Crippen molar-refractivity contribution >= 4 is 15.8 Å². The summed E-state index contributed by atoms with van der Waals surface area (Å²) < 4.78 is 56.1. The van der Waals surface area contributed by atoms with Crippen LogP contribution < -0.4 is 18.9 Å². The first-order chi connectivity index (χ1) is 13.4. The summed E-state index contributed by atoms with van der Waals surface area (Å²) in [5, 5.41) is 6.73. The number of ether oxygens (including phenoxy) is 3. The number of hydrogen-bond acceptors (Lipinski definition) is 6. The third-order valence-electron chi connectivity index (χ3n) is 3.92. The standard InChI is InChI=1S/C18H18FN3O5S/c1-25-15-8-11(9-16(26-2)18(15)27-3)14-10-17(21-20-14)22-28(23,24)13-6-4-12(19)5-7-13/h4-10H,1-3H3,(H2,20,21,22). The van der Waals surface area contributed by atoms with Crippen LogP contribution >= 0.6 is 0 Å². The Labute approximate surface area is 161 Å². The number of sulfonamides is 1. The van der Waals surface area contributed by atoms with Crippen molar-refractivity contribution in [2.45, 2.75) is 4.90 Å². The molecular weight excluding hydrogens is 389 g/mol. The van der Waals surface area contributed by atoms with Crippen LogP contribution in [0.3, 0.4) is 0 Å². The second kappa shape index (κ2) is 7.77. The van der Waals surface area contributed by atoms with Crippen molar-refractivity contribution in [3.63, 3.8) is 0 Å². The highest BCUT2D eigenvalue weighted by Crippen LogP contribution is 2.41. The van der Waals surface area contributed by atoms with Gasteiger partial charge in [-0.3, -0.25) is 9.82 Å². The molecule has 8 nitrogen and oxygen atoms in total. The number of anilines is 1. The molecule has 2 aromatic carbocycles. The predicted molar refractivity (Wildman–Crippen MR) is 101 cm³/mol. The van der Waals surface area contributed by atoms with Gasteiger partial charge in [-0.15, -0.1) is 0 Å². The van der Waals surface area contributed by atoms with Crippen LogP contribution in [-0.4, -0.2) is 39.9 Å². The smallest absolute Gasteiger partial charge is 0.263 e. The Kier molecular flexibility index (Phi) is 5.41. The van der Waals surface area contributed by atoms with E-state index < -0.39 is 15.8 Å². The maximum atomic E-state index is 13.0. The Hall–Kier alpha value is -3.27.